The summed E-state index contributed by atoms with van der Waals surface area (Å²) in [7, 11) is -3.18. The molecule has 2 aromatic rings. The molecular weight excluding hydrogens is 356 g/mol. The average molecular weight is 376 g/mol. The first-order chi connectivity index (χ1) is 12.3. The van der Waals surface area contributed by atoms with Crippen molar-refractivity contribution in [3.63, 3.8) is 0 Å². The number of aromatic nitrogens is 3. The number of piperidine rings is 1. The van der Waals surface area contributed by atoms with Gasteiger partial charge in [-0.25, -0.2) is 27.5 Å². The Balaban J connectivity index is 1.77. The van der Waals surface area contributed by atoms with Crippen LogP contribution in [0.1, 0.15) is 28.9 Å². The Bertz CT molecular complexity index is 916. The highest BCUT2D eigenvalue weighted by Crippen LogP contribution is 2.23. The van der Waals surface area contributed by atoms with Crippen LogP contribution in [0.15, 0.2) is 30.9 Å². The van der Waals surface area contributed by atoms with E-state index in [0.717, 1.165) is 18.5 Å². The van der Waals surface area contributed by atoms with Crippen LogP contribution in [0.5, 0.6) is 0 Å². The van der Waals surface area contributed by atoms with Gasteiger partial charge in [-0.15, -0.1) is 0 Å². The molecule has 0 bridgehead atoms. The Kier molecular flexibility index (Phi) is 5.28. The van der Waals surface area contributed by atoms with E-state index in [2.05, 4.69) is 15.0 Å². The molecule has 26 heavy (non-hydrogen) atoms. The highest BCUT2D eigenvalue weighted by molar-refractivity contribution is 7.88. The molecule has 3 rings (SSSR count). The van der Waals surface area contributed by atoms with E-state index in [-0.39, 0.29) is 11.5 Å². The van der Waals surface area contributed by atoms with Gasteiger partial charge in [-0.3, -0.25) is 4.98 Å². The summed E-state index contributed by atoms with van der Waals surface area (Å²) in [5, 5.41) is 9.09. The van der Waals surface area contributed by atoms with E-state index in [4.69, 9.17) is 5.11 Å². The van der Waals surface area contributed by atoms with Crippen LogP contribution in [0.4, 0.5) is 0 Å². The zero-order chi connectivity index (χ0) is 18.7. The average Bonchev–Trinajstić information content (AvgIpc) is 2.61. The molecule has 9 heteroatoms. The summed E-state index contributed by atoms with van der Waals surface area (Å²) in [4.78, 5) is 23.5. The molecule has 0 saturated carbocycles. The van der Waals surface area contributed by atoms with Gasteiger partial charge in [0.2, 0.25) is 10.0 Å². The predicted octanol–water partition coefficient (Wildman–Crippen LogP) is 1.45. The lowest BCUT2D eigenvalue weighted by atomic mass is 9.94. The molecule has 0 amide bonds. The molecule has 1 unspecified atom stereocenters. The van der Waals surface area contributed by atoms with Crippen molar-refractivity contribution >= 4 is 16.0 Å². The van der Waals surface area contributed by atoms with Crippen molar-refractivity contribution in [2.75, 3.05) is 19.3 Å². The molecule has 138 valence electrons. The first-order valence-electron chi connectivity index (χ1n) is 8.27. The summed E-state index contributed by atoms with van der Waals surface area (Å²) in [6.07, 6.45) is 7.95. The molecule has 1 saturated heterocycles. The van der Waals surface area contributed by atoms with E-state index >= 15 is 0 Å². The molecule has 0 aromatic carbocycles. The maximum Gasteiger partial charge on any atom is 0.337 e. The standard InChI is InChI=1S/C17H20N4O4S/c1-26(24,25)21-4-2-3-12(10-21)5-15-7-16(20-11-19-15)13-6-14(17(22)23)9-18-8-13/h6-9,11-12H,2-5,10H2,1H3,(H,22,23). The molecular formula is C17H20N4O4S. The van der Waals surface area contributed by atoms with Gasteiger partial charge in [0.05, 0.1) is 17.5 Å². The van der Waals surface area contributed by atoms with Crippen LogP contribution in [-0.2, 0) is 16.4 Å². The van der Waals surface area contributed by atoms with Gasteiger partial charge in [-0.05, 0) is 37.3 Å². The van der Waals surface area contributed by atoms with Crippen LogP contribution < -0.4 is 0 Å². The topological polar surface area (TPSA) is 113 Å². The van der Waals surface area contributed by atoms with Crippen molar-refractivity contribution in [2.24, 2.45) is 5.92 Å². The van der Waals surface area contributed by atoms with E-state index in [1.54, 1.807) is 6.20 Å². The van der Waals surface area contributed by atoms with Gasteiger partial charge in [0, 0.05) is 36.7 Å². The number of hydrogen-bond donors (Lipinski definition) is 1. The highest BCUT2D eigenvalue weighted by Gasteiger charge is 2.26. The maximum atomic E-state index is 11.8. The van der Waals surface area contributed by atoms with Gasteiger partial charge < -0.3 is 5.11 Å². The van der Waals surface area contributed by atoms with Gasteiger partial charge in [-0.2, -0.15) is 0 Å². The first-order valence-corrected chi connectivity index (χ1v) is 10.1. The Labute approximate surface area is 152 Å². The van der Waals surface area contributed by atoms with E-state index in [1.807, 2.05) is 6.07 Å². The number of rotatable bonds is 5. The van der Waals surface area contributed by atoms with Crippen LogP contribution in [0, 0.1) is 5.92 Å². The van der Waals surface area contributed by atoms with Gasteiger partial charge in [0.25, 0.3) is 0 Å². The van der Waals surface area contributed by atoms with Crippen molar-refractivity contribution in [3.8, 4) is 11.3 Å². The third-order valence-corrected chi connectivity index (χ3v) is 5.72. The summed E-state index contributed by atoms with van der Waals surface area (Å²) in [5.74, 6) is -0.846. The lowest BCUT2D eigenvalue weighted by Crippen LogP contribution is -2.39. The fourth-order valence-electron chi connectivity index (χ4n) is 3.15. The molecule has 1 atom stereocenters. The highest BCUT2D eigenvalue weighted by atomic mass is 32.2. The van der Waals surface area contributed by atoms with Crippen LogP contribution in [0.2, 0.25) is 0 Å². The lowest BCUT2D eigenvalue weighted by Gasteiger charge is -2.30. The van der Waals surface area contributed by atoms with E-state index in [1.165, 1.54) is 29.2 Å². The Morgan fingerprint density at radius 3 is 2.85 bits per heavy atom. The smallest absolute Gasteiger partial charge is 0.337 e. The number of aromatic carboxylic acids is 1. The zero-order valence-corrected chi connectivity index (χ0v) is 15.2. The summed E-state index contributed by atoms with van der Waals surface area (Å²) < 4.78 is 25.0. The van der Waals surface area contributed by atoms with Crippen molar-refractivity contribution in [3.05, 3.63) is 42.1 Å². The second-order valence-corrected chi connectivity index (χ2v) is 8.48. The normalized spacial score (nSPS) is 18.6. The van der Waals surface area contributed by atoms with Crippen LogP contribution in [0.25, 0.3) is 11.3 Å². The zero-order valence-electron chi connectivity index (χ0n) is 14.4. The number of pyridine rings is 1. The third-order valence-electron chi connectivity index (χ3n) is 4.45. The first kappa shape index (κ1) is 18.4. The Morgan fingerprint density at radius 2 is 2.12 bits per heavy atom. The second kappa shape index (κ2) is 7.46. The van der Waals surface area contributed by atoms with Gasteiger partial charge >= 0.3 is 5.97 Å². The van der Waals surface area contributed by atoms with Gasteiger partial charge in [0.15, 0.2) is 0 Å². The second-order valence-electron chi connectivity index (χ2n) is 6.50. The minimum Gasteiger partial charge on any atom is -0.478 e. The molecule has 0 spiro atoms. The Hall–Kier alpha value is -2.39. The Morgan fingerprint density at radius 1 is 1.31 bits per heavy atom. The summed E-state index contributed by atoms with van der Waals surface area (Å²) in [5.41, 5.74) is 2.10. The minimum atomic E-state index is -3.18. The molecule has 0 aliphatic carbocycles. The number of carboxylic acid groups (broad SMARTS) is 1. The number of carboxylic acids is 1. The SMILES string of the molecule is CS(=O)(=O)N1CCCC(Cc2cc(-c3cncc(C(=O)O)c3)ncn2)C1. The molecule has 0 radical (unpaired) electrons. The monoisotopic (exact) mass is 376 g/mol. The number of carbonyl (C=O) groups is 1. The van der Waals surface area contributed by atoms with Crippen LogP contribution in [-0.4, -0.2) is 58.1 Å². The van der Waals surface area contributed by atoms with E-state index < -0.39 is 16.0 Å². The quantitative estimate of drug-likeness (QED) is 0.840. The van der Waals surface area contributed by atoms with Crippen LogP contribution >= 0.6 is 0 Å². The molecule has 1 aliphatic heterocycles. The lowest BCUT2D eigenvalue weighted by molar-refractivity contribution is 0.0696. The summed E-state index contributed by atoms with van der Waals surface area (Å²) >= 11 is 0. The van der Waals surface area contributed by atoms with Crippen molar-refractivity contribution in [2.45, 2.75) is 19.3 Å². The fraction of sp³-hybridized carbons (Fsp3) is 0.412. The van der Waals surface area contributed by atoms with Crippen molar-refractivity contribution in [1.29, 1.82) is 0 Å². The number of hydrogen-bond acceptors (Lipinski definition) is 6. The van der Waals surface area contributed by atoms with Gasteiger partial charge in [0.1, 0.15) is 6.33 Å². The minimum absolute atomic E-state index is 0.0961. The molecule has 8 nitrogen and oxygen atoms in total. The third kappa shape index (κ3) is 4.41. The molecule has 2 aromatic heterocycles. The van der Waals surface area contributed by atoms with E-state index in [0.29, 0.717) is 30.8 Å². The molecule has 1 aliphatic rings. The largest absolute Gasteiger partial charge is 0.478 e. The predicted molar refractivity (Wildman–Crippen MR) is 95.1 cm³/mol. The molecule has 3 heterocycles. The van der Waals surface area contributed by atoms with Crippen molar-refractivity contribution < 1.29 is 18.3 Å². The molecule has 1 fully saturated rings. The van der Waals surface area contributed by atoms with E-state index in [9.17, 15) is 13.2 Å². The summed E-state index contributed by atoms with van der Waals surface area (Å²) in [6, 6.07) is 3.33. The number of nitrogens with zero attached hydrogens (tertiary/aromatic N) is 4. The summed E-state index contributed by atoms with van der Waals surface area (Å²) in [6.45, 7) is 1.06. The fourth-order valence-corrected chi connectivity index (χ4v) is 4.10. The van der Waals surface area contributed by atoms with Crippen LogP contribution in [0.3, 0.4) is 0 Å². The molecule has 1 N–H and O–H groups in total. The number of sulfonamides is 1. The maximum absolute atomic E-state index is 11.8. The van der Waals surface area contributed by atoms with Crippen molar-refractivity contribution in [1.82, 2.24) is 19.3 Å². The van der Waals surface area contributed by atoms with Gasteiger partial charge in [-0.1, -0.05) is 0 Å².